The molecular weight excluding hydrogens is 284 g/mol. The molecule has 0 heterocycles. The number of anilines is 2. The van der Waals surface area contributed by atoms with Crippen LogP contribution in [0, 0.1) is 17.0 Å². The second-order valence-corrected chi connectivity index (χ2v) is 4.97. The third kappa shape index (κ3) is 3.17. The van der Waals surface area contributed by atoms with Crippen molar-refractivity contribution in [1.82, 2.24) is 0 Å². The molecule has 0 aliphatic heterocycles. The highest BCUT2D eigenvalue weighted by Crippen LogP contribution is 2.36. The number of nitrogens with zero attached hydrogens (tertiary/aromatic N) is 1. The normalized spacial score (nSPS) is 11.8. The highest BCUT2D eigenvalue weighted by molar-refractivity contribution is 5.74. The molecular formula is C16H18N2O4. The fraction of sp³-hybridized carbons (Fsp3) is 0.250. The van der Waals surface area contributed by atoms with E-state index in [1.165, 1.54) is 7.11 Å². The monoisotopic (exact) mass is 302 g/mol. The van der Waals surface area contributed by atoms with Gasteiger partial charge in [0.25, 0.3) is 5.69 Å². The summed E-state index contributed by atoms with van der Waals surface area (Å²) < 4.78 is 5.12. The SMILES string of the molecule is COc1ccc(Nc2ccc(C(C)O)cc2)c([N+](=O)[O-])c1C. The Labute approximate surface area is 128 Å². The Hall–Kier alpha value is -2.60. The lowest BCUT2D eigenvalue weighted by atomic mass is 10.1. The van der Waals surface area contributed by atoms with E-state index < -0.39 is 11.0 Å². The Morgan fingerprint density at radius 3 is 2.36 bits per heavy atom. The van der Waals surface area contributed by atoms with E-state index >= 15 is 0 Å². The Kier molecular flexibility index (Phi) is 4.62. The van der Waals surface area contributed by atoms with Gasteiger partial charge in [-0.15, -0.1) is 0 Å². The van der Waals surface area contributed by atoms with Crippen LogP contribution in [0.5, 0.6) is 5.75 Å². The van der Waals surface area contributed by atoms with Gasteiger partial charge in [-0.1, -0.05) is 12.1 Å². The minimum absolute atomic E-state index is 0.0149. The molecule has 1 unspecified atom stereocenters. The molecule has 116 valence electrons. The van der Waals surface area contributed by atoms with E-state index in [9.17, 15) is 15.2 Å². The lowest BCUT2D eigenvalue weighted by molar-refractivity contribution is -0.384. The smallest absolute Gasteiger partial charge is 0.299 e. The van der Waals surface area contributed by atoms with Crippen LogP contribution in [-0.2, 0) is 0 Å². The van der Waals surface area contributed by atoms with Gasteiger partial charge in [0.2, 0.25) is 0 Å². The van der Waals surface area contributed by atoms with Crippen molar-refractivity contribution in [3.63, 3.8) is 0 Å². The lowest BCUT2D eigenvalue weighted by Gasteiger charge is -2.12. The van der Waals surface area contributed by atoms with Gasteiger partial charge >= 0.3 is 0 Å². The largest absolute Gasteiger partial charge is 0.496 e. The summed E-state index contributed by atoms with van der Waals surface area (Å²) in [6.45, 7) is 3.33. The average molecular weight is 302 g/mol. The quantitative estimate of drug-likeness (QED) is 0.649. The van der Waals surface area contributed by atoms with E-state index in [1.807, 2.05) is 0 Å². The molecule has 0 aliphatic rings. The Balaban J connectivity index is 2.36. The summed E-state index contributed by atoms with van der Waals surface area (Å²) in [4.78, 5) is 10.9. The molecule has 0 radical (unpaired) electrons. The van der Waals surface area contributed by atoms with Crippen molar-refractivity contribution in [2.24, 2.45) is 0 Å². The first-order valence-corrected chi connectivity index (χ1v) is 6.81. The molecule has 0 amide bonds. The first kappa shape index (κ1) is 15.8. The van der Waals surface area contributed by atoms with Gasteiger partial charge in [-0.3, -0.25) is 10.1 Å². The second-order valence-electron chi connectivity index (χ2n) is 4.97. The molecule has 0 saturated carbocycles. The van der Waals surface area contributed by atoms with Crippen molar-refractivity contribution in [3.05, 3.63) is 57.6 Å². The zero-order chi connectivity index (χ0) is 16.3. The molecule has 0 aromatic heterocycles. The van der Waals surface area contributed by atoms with Crippen LogP contribution >= 0.6 is 0 Å². The molecule has 0 saturated heterocycles. The van der Waals surface area contributed by atoms with E-state index in [1.54, 1.807) is 50.2 Å². The van der Waals surface area contributed by atoms with Crippen molar-refractivity contribution < 1.29 is 14.8 Å². The highest BCUT2D eigenvalue weighted by atomic mass is 16.6. The summed E-state index contributed by atoms with van der Waals surface area (Å²) >= 11 is 0. The predicted octanol–water partition coefficient (Wildman–Crippen LogP) is 3.71. The van der Waals surface area contributed by atoms with Crippen LogP contribution in [-0.4, -0.2) is 17.1 Å². The topological polar surface area (TPSA) is 84.6 Å². The Bertz CT molecular complexity index is 681. The third-order valence-electron chi connectivity index (χ3n) is 3.46. The van der Waals surface area contributed by atoms with Crippen LogP contribution < -0.4 is 10.1 Å². The van der Waals surface area contributed by atoms with E-state index in [-0.39, 0.29) is 5.69 Å². The van der Waals surface area contributed by atoms with Crippen LogP contribution in [0.15, 0.2) is 36.4 Å². The van der Waals surface area contributed by atoms with Crippen LogP contribution in [0.25, 0.3) is 0 Å². The van der Waals surface area contributed by atoms with Gasteiger partial charge in [0.05, 0.1) is 23.7 Å². The first-order valence-electron chi connectivity index (χ1n) is 6.81. The van der Waals surface area contributed by atoms with Crippen molar-refractivity contribution in [2.45, 2.75) is 20.0 Å². The number of ether oxygens (including phenoxy) is 1. The fourth-order valence-electron chi connectivity index (χ4n) is 2.24. The average Bonchev–Trinajstić information content (AvgIpc) is 2.47. The number of nitrogens with one attached hydrogen (secondary N) is 1. The molecule has 0 fully saturated rings. The predicted molar refractivity (Wildman–Crippen MR) is 84.7 cm³/mol. The van der Waals surface area contributed by atoms with Crippen molar-refractivity contribution in [3.8, 4) is 5.75 Å². The molecule has 1 atom stereocenters. The molecule has 6 heteroatoms. The molecule has 22 heavy (non-hydrogen) atoms. The highest BCUT2D eigenvalue weighted by Gasteiger charge is 2.21. The molecule has 0 aliphatic carbocycles. The second kappa shape index (κ2) is 6.44. The van der Waals surface area contributed by atoms with E-state index in [0.29, 0.717) is 22.7 Å². The Morgan fingerprint density at radius 1 is 1.23 bits per heavy atom. The maximum Gasteiger partial charge on any atom is 0.299 e. The van der Waals surface area contributed by atoms with E-state index in [0.717, 1.165) is 5.56 Å². The van der Waals surface area contributed by atoms with Crippen molar-refractivity contribution >= 4 is 17.1 Å². The summed E-state index contributed by atoms with van der Waals surface area (Å²) in [6.07, 6.45) is -0.549. The standard InChI is InChI=1S/C16H18N2O4/c1-10-15(22-3)9-8-14(16(10)18(20)21)17-13-6-4-12(5-7-13)11(2)19/h4-9,11,17,19H,1-3H3. The summed E-state index contributed by atoms with van der Waals surface area (Å²) in [7, 11) is 1.48. The molecule has 2 rings (SSSR count). The lowest BCUT2D eigenvalue weighted by Crippen LogP contribution is -2.01. The summed E-state index contributed by atoms with van der Waals surface area (Å²) in [5.41, 5.74) is 2.34. The number of benzene rings is 2. The van der Waals surface area contributed by atoms with Gasteiger partial charge < -0.3 is 15.2 Å². The van der Waals surface area contributed by atoms with E-state index in [4.69, 9.17) is 4.74 Å². The number of aliphatic hydroxyl groups is 1. The van der Waals surface area contributed by atoms with E-state index in [2.05, 4.69) is 5.32 Å². The summed E-state index contributed by atoms with van der Waals surface area (Å²) in [6, 6.07) is 10.4. The van der Waals surface area contributed by atoms with Crippen molar-refractivity contribution in [1.29, 1.82) is 0 Å². The molecule has 6 nitrogen and oxygen atoms in total. The number of methoxy groups -OCH3 is 1. The number of aliphatic hydroxyl groups excluding tert-OH is 1. The van der Waals surface area contributed by atoms with Crippen LogP contribution in [0.2, 0.25) is 0 Å². The molecule has 0 spiro atoms. The minimum Gasteiger partial charge on any atom is -0.496 e. The van der Waals surface area contributed by atoms with Crippen LogP contribution in [0.3, 0.4) is 0 Å². The van der Waals surface area contributed by atoms with Gasteiger partial charge in [-0.2, -0.15) is 0 Å². The molecule has 2 N–H and O–H groups in total. The first-order chi connectivity index (χ1) is 10.4. The maximum absolute atomic E-state index is 11.3. The maximum atomic E-state index is 11.3. The molecule has 2 aromatic rings. The molecule has 0 bridgehead atoms. The number of nitro benzene ring substituents is 1. The van der Waals surface area contributed by atoms with Gasteiger partial charge in [0.15, 0.2) is 0 Å². The fourth-order valence-corrected chi connectivity index (χ4v) is 2.24. The third-order valence-corrected chi connectivity index (χ3v) is 3.46. The van der Waals surface area contributed by atoms with Gasteiger partial charge in [-0.25, -0.2) is 0 Å². The number of rotatable bonds is 5. The van der Waals surface area contributed by atoms with Gasteiger partial charge in [0, 0.05) is 5.69 Å². The van der Waals surface area contributed by atoms with Crippen LogP contribution in [0.1, 0.15) is 24.2 Å². The molecule has 2 aromatic carbocycles. The minimum atomic E-state index is -0.549. The van der Waals surface area contributed by atoms with Gasteiger partial charge in [-0.05, 0) is 43.7 Å². The summed E-state index contributed by atoms with van der Waals surface area (Å²) in [5.74, 6) is 0.474. The van der Waals surface area contributed by atoms with Gasteiger partial charge in [0.1, 0.15) is 11.4 Å². The summed E-state index contributed by atoms with van der Waals surface area (Å²) in [5, 5.41) is 23.8. The number of hydrogen-bond acceptors (Lipinski definition) is 5. The van der Waals surface area contributed by atoms with Crippen molar-refractivity contribution in [2.75, 3.05) is 12.4 Å². The zero-order valence-corrected chi connectivity index (χ0v) is 12.7. The zero-order valence-electron chi connectivity index (χ0n) is 12.7. The van der Waals surface area contributed by atoms with Crippen LogP contribution in [0.4, 0.5) is 17.1 Å². The number of hydrogen-bond donors (Lipinski definition) is 2. The number of nitro groups is 1. The Morgan fingerprint density at radius 2 is 1.86 bits per heavy atom.